The van der Waals surface area contributed by atoms with Gasteiger partial charge in [-0.15, -0.1) is 0 Å². The molecule has 126 valence electrons. The highest BCUT2D eigenvalue weighted by atomic mass is 16.6. The maximum absolute atomic E-state index is 11.9. The molecule has 1 atom stereocenters. The monoisotopic (exact) mass is 320 g/mol. The van der Waals surface area contributed by atoms with E-state index in [1.54, 1.807) is 12.0 Å². The second kappa shape index (κ2) is 7.85. The quantitative estimate of drug-likeness (QED) is 0.834. The number of rotatable bonds is 7. The average Bonchev–Trinajstić information content (AvgIpc) is 2.92. The van der Waals surface area contributed by atoms with Crippen molar-refractivity contribution in [3.8, 4) is 5.75 Å². The van der Waals surface area contributed by atoms with Crippen LogP contribution in [0.3, 0.4) is 0 Å². The Labute approximate surface area is 136 Å². The molecule has 6 nitrogen and oxygen atoms in total. The highest BCUT2D eigenvalue weighted by molar-refractivity contribution is 5.76. The molecule has 0 saturated carbocycles. The molecule has 1 aromatic rings. The van der Waals surface area contributed by atoms with Crippen LogP contribution in [-0.4, -0.2) is 49.2 Å². The fraction of sp³-hybridized carbons (Fsp3) is 0.529. The second-order valence-corrected chi connectivity index (χ2v) is 5.90. The van der Waals surface area contributed by atoms with Crippen LogP contribution in [0, 0.1) is 0 Å². The molecule has 0 spiro atoms. The number of nitrogens with one attached hydrogen (secondary N) is 1. The number of hydrogen-bond acceptors (Lipinski definition) is 4. The standard InChI is InChI=1S/C17H24N2O4/c1-12(2)19-11-15(23-17(19)21)10-18-16(20)9-6-13-4-7-14(22-3)8-5-13/h4-5,7-8,12,15H,6,9-11H2,1-3H3,(H,18,20). The van der Waals surface area contributed by atoms with Crippen LogP contribution in [0.1, 0.15) is 25.8 Å². The summed E-state index contributed by atoms with van der Waals surface area (Å²) < 4.78 is 10.3. The number of carbonyl (C=O) groups is 2. The predicted molar refractivity (Wildman–Crippen MR) is 86.4 cm³/mol. The molecule has 6 heteroatoms. The molecule has 1 aromatic carbocycles. The number of cyclic esters (lactones) is 1. The zero-order valence-electron chi connectivity index (χ0n) is 13.9. The summed E-state index contributed by atoms with van der Waals surface area (Å²) in [5.41, 5.74) is 1.08. The van der Waals surface area contributed by atoms with Crippen LogP contribution in [0.2, 0.25) is 0 Å². The van der Waals surface area contributed by atoms with E-state index in [0.717, 1.165) is 11.3 Å². The van der Waals surface area contributed by atoms with Gasteiger partial charge in [0.15, 0.2) is 0 Å². The number of hydrogen-bond donors (Lipinski definition) is 1. The summed E-state index contributed by atoms with van der Waals surface area (Å²) >= 11 is 0. The highest BCUT2D eigenvalue weighted by Gasteiger charge is 2.32. The van der Waals surface area contributed by atoms with Gasteiger partial charge in [0.25, 0.3) is 0 Å². The van der Waals surface area contributed by atoms with Crippen LogP contribution in [0.15, 0.2) is 24.3 Å². The minimum Gasteiger partial charge on any atom is -0.497 e. The first kappa shape index (κ1) is 17.1. The Hall–Kier alpha value is -2.24. The third kappa shape index (κ3) is 4.87. The zero-order chi connectivity index (χ0) is 16.8. The molecule has 0 radical (unpaired) electrons. The molecule has 0 bridgehead atoms. The molecular formula is C17H24N2O4. The number of carbonyl (C=O) groups excluding carboxylic acids is 2. The second-order valence-electron chi connectivity index (χ2n) is 5.90. The van der Waals surface area contributed by atoms with Crippen molar-refractivity contribution in [2.24, 2.45) is 0 Å². The van der Waals surface area contributed by atoms with Crippen molar-refractivity contribution in [1.29, 1.82) is 0 Å². The fourth-order valence-electron chi connectivity index (χ4n) is 2.44. The Kier molecular flexibility index (Phi) is 5.84. The van der Waals surface area contributed by atoms with Crippen molar-refractivity contribution in [3.05, 3.63) is 29.8 Å². The van der Waals surface area contributed by atoms with Gasteiger partial charge in [-0.05, 0) is 38.0 Å². The van der Waals surface area contributed by atoms with E-state index in [-0.39, 0.29) is 24.1 Å². The maximum atomic E-state index is 11.9. The summed E-state index contributed by atoms with van der Waals surface area (Å²) in [6.45, 7) is 4.76. The number of nitrogens with zero attached hydrogens (tertiary/aromatic N) is 1. The van der Waals surface area contributed by atoms with Crippen LogP contribution in [0.5, 0.6) is 5.75 Å². The maximum Gasteiger partial charge on any atom is 0.410 e. The molecule has 1 aliphatic rings. The lowest BCUT2D eigenvalue weighted by molar-refractivity contribution is -0.121. The minimum atomic E-state index is -0.308. The van der Waals surface area contributed by atoms with Gasteiger partial charge in [0.1, 0.15) is 11.9 Å². The van der Waals surface area contributed by atoms with Gasteiger partial charge in [0, 0.05) is 12.5 Å². The Morgan fingerprint density at radius 1 is 1.39 bits per heavy atom. The molecule has 1 unspecified atom stereocenters. The van der Waals surface area contributed by atoms with E-state index in [9.17, 15) is 9.59 Å². The van der Waals surface area contributed by atoms with Gasteiger partial charge in [-0.2, -0.15) is 0 Å². The van der Waals surface area contributed by atoms with E-state index < -0.39 is 0 Å². The van der Waals surface area contributed by atoms with Crippen LogP contribution in [-0.2, 0) is 16.0 Å². The molecule has 1 saturated heterocycles. The first-order chi connectivity index (χ1) is 11.0. The van der Waals surface area contributed by atoms with Gasteiger partial charge in [-0.3, -0.25) is 4.79 Å². The van der Waals surface area contributed by atoms with Crippen molar-refractivity contribution in [2.45, 2.75) is 38.8 Å². The van der Waals surface area contributed by atoms with Crippen molar-refractivity contribution < 1.29 is 19.1 Å². The zero-order valence-corrected chi connectivity index (χ0v) is 13.9. The number of ether oxygens (including phenoxy) is 2. The van der Waals surface area contributed by atoms with E-state index >= 15 is 0 Å². The SMILES string of the molecule is COc1ccc(CCC(=O)NCC2CN(C(C)C)C(=O)O2)cc1. The highest BCUT2D eigenvalue weighted by Crippen LogP contribution is 2.14. The molecule has 1 fully saturated rings. The van der Waals surface area contributed by atoms with E-state index in [4.69, 9.17) is 9.47 Å². The Morgan fingerprint density at radius 2 is 2.09 bits per heavy atom. The lowest BCUT2D eigenvalue weighted by Crippen LogP contribution is -2.36. The molecule has 2 rings (SSSR count). The summed E-state index contributed by atoms with van der Waals surface area (Å²) in [5, 5.41) is 2.83. The lowest BCUT2D eigenvalue weighted by atomic mass is 10.1. The van der Waals surface area contributed by atoms with Crippen molar-refractivity contribution in [1.82, 2.24) is 10.2 Å². The smallest absolute Gasteiger partial charge is 0.410 e. The number of methoxy groups -OCH3 is 1. The molecule has 2 amide bonds. The number of aryl methyl sites for hydroxylation is 1. The Bertz CT molecular complexity index is 542. The van der Waals surface area contributed by atoms with Crippen molar-refractivity contribution in [3.63, 3.8) is 0 Å². The Morgan fingerprint density at radius 3 is 2.65 bits per heavy atom. The lowest BCUT2D eigenvalue weighted by Gasteiger charge is -2.16. The van der Waals surface area contributed by atoms with E-state index in [2.05, 4.69) is 5.32 Å². The first-order valence-electron chi connectivity index (χ1n) is 7.86. The molecule has 0 aliphatic carbocycles. The summed E-state index contributed by atoms with van der Waals surface area (Å²) in [5.74, 6) is 0.760. The van der Waals surface area contributed by atoms with Crippen molar-refractivity contribution >= 4 is 12.0 Å². The summed E-state index contributed by atoms with van der Waals surface area (Å²) in [6, 6.07) is 7.77. The van der Waals surface area contributed by atoms with E-state index in [1.807, 2.05) is 38.1 Å². The first-order valence-corrected chi connectivity index (χ1v) is 7.86. The van der Waals surface area contributed by atoms with Crippen LogP contribution in [0.25, 0.3) is 0 Å². The van der Waals surface area contributed by atoms with Gasteiger partial charge in [-0.1, -0.05) is 12.1 Å². The van der Waals surface area contributed by atoms with E-state index in [0.29, 0.717) is 25.9 Å². The summed E-state index contributed by atoms with van der Waals surface area (Å²) in [4.78, 5) is 25.2. The summed E-state index contributed by atoms with van der Waals surface area (Å²) in [7, 11) is 1.62. The fourth-order valence-corrected chi connectivity index (χ4v) is 2.44. The van der Waals surface area contributed by atoms with Crippen LogP contribution >= 0.6 is 0 Å². The molecular weight excluding hydrogens is 296 g/mol. The van der Waals surface area contributed by atoms with Gasteiger partial charge in [-0.25, -0.2) is 4.79 Å². The third-order valence-corrected chi connectivity index (χ3v) is 3.85. The molecule has 1 aliphatic heterocycles. The molecule has 1 heterocycles. The van der Waals surface area contributed by atoms with Gasteiger partial charge >= 0.3 is 6.09 Å². The topological polar surface area (TPSA) is 67.9 Å². The van der Waals surface area contributed by atoms with Crippen molar-refractivity contribution in [2.75, 3.05) is 20.2 Å². The normalized spacial score (nSPS) is 17.3. The Balaban J connectivity index is 1.70. The van der Waals surface area contributed by atoms with E-state index in [1.165, 1.54) is 0 Å². The van der Waals surface area contributed by atoms with Crippen LogP contribution < -0.4 is 10.1 Å². The van der Waals surface area contributed by atoms with Gasteiger partial charge in [0.2, 0.25) is 5.91 Å². The molecule has 23 heavy (non-hydrogen) atoms. The van der Waals surface area contributed by atoms with Gasteiger partial charge in [0.05, 0.1) is 20.2 Å². The van der Waals surface area contributed by atoms with Gasteiger partial charge < -0.3 is 19.7 Å². The predicted octanol–water partition coefficient (Wildman–Crippen LogP) is 1.97. The largest absolute Gasteiger partial charge is 0.497 e. The summed E-state index contributed by atoms with van der Waals surface area (Å²) in [6.07, 6.45) is 0.492. The molecule has 1 N–H and O–H groups in total. The van der Waals surface area contributed by atoms with Crippen LogP contribution in [0.4, 0.5) is 4.79 Å². The third-order valence-electron chi connectivity index (χ3n) is 3.85. The number of benzene rings is 1. The average molecular weight is 320 g/mol. The molecule has 0 aromatic heterocycles. The number of amides is 2. The minimum absolute atomic E-state index is 0.0418.